The smallest absolute Gasteiger partial charge is 0.321 e. The lowest BCUT2D eigenvalue weighted by molar-refractivity contribution is -0.140. The maximum Gasteiger partial charge on any atom is 0.321 e. The van der Waals surface area contributed by atoms with Gasteiger partial charge in [0.2, 0.25) is 5.91 Å². The van der Waals surface area contributed by atoms with Crippen molar-refractivity contribution in [3.8, 4) is 0 Å². The number of halogens is 2. The first kappa shape index (κ1) is 18.5. The zero-order valence-corrected chi connectivity index (χ0v) is 15.7. The Kier molecular flexibility index (Phi) is 5.25. The maximum absolute atomic E-state index is 13.5. The second-order valence-corrected chi connectivity index (χ2v) is 7.26. The Labute approximate surface area is 160 Å². The summed E-state index contributed by atoms with van der Waals surface area (Å²) in [6.07, 6.45) is 1.68. The number of imidazole rings is 1. The van der Waals surface area contributed by atoms with Gasteiger partial charge in [-0.3, -0.25) is 14.3 Å². The monoisotopic (exact) mass is 396 g/mol. The van der Waals surface area contributed by atoms with Gasteiger partial charge >= 0.3 is 6.55 Å². The van der Waals surface area contributed by atoms with Crippen LogP contribution < -0.4 is 0 Å². The van der Waals surface area contributed by atoms with Crippen LogP contribution in [0.4, 0.5) is 8.78 Å². The lowest BCUT2D eigenvalue weighted by atomic mass is 10.2. The Morgan fingerprint density at radius 2 is 1.89 bits per heavy atom. The number of hydrogen-bond donors (Lipinski definition) is 0. The predicted molar refractivity (Wildman–Crippen MR) is 99.1 cm³/mol. The van der Waals surface area contributed by atoms with Crippen LogP contribution in [0.25, 0.3) is 11.0 Å². The van der Waals surface area contributed by atoms with Crippen LogP contribution >= 0.6 is 12.2 Å². The SMILES string of the molecule is O=C([C@H]1CCCN1Cn1c(=S)n(C(F)F)c2ccccc21)N1CCOCC1. The van der Waals surface area contributed by atoms with E-state index in [0.29, 0.717) is 44.0 Å². The van der Waals surface area contributed by atoms with Crippen LogP contribution in [-0.2, 0) is 16.2 Å². The summed E-state index contributed by atoms with van der Waals surface area (Å²) in [5.74, 6) is 0.0971. The highest BCUT2D eigenvalue weighted by Crippen LogP contribution is 2.27. The molecule has 0 radical (unpaired) electrons. The average Bonchev–Trinajstić information content (AvgIpc) is 3.25. The zero-order valence-electron chi connectivity index (χ0n) is 14.9. The van der Waals surface area contributed by atoms with E-state index in [4.69, 9.17) is 17.0 Å². The van der Waals surface area contributed by atoms with Crippen molar-refractivity contribution in [2.75, 3.05) is 32.8 Å². The van der Waals surface area contributed by atoms with Gasteiger partial charge in [-0.1, -0.05) is 12.1 Å². The van der Waals surface area contributed by atoms with E-state index in [1.165, 1.54) is 0 Å². The van der Waals surface area contributed by atoms with Gasteiger partial charge in [0.25, 0.3) is 0 Å². The standard InChI is InChI=1S/C18H22F2N4O2S/c19-17(20)24-14-5-2-1-4-13(14)23(18(24)27)12-22-7-3-6-15(22)16(25)21-8-10-26-11-9-21/h1-2,4-5,15,17H,3,6-12H2/t15-/m1/s1. The van der Waals surface area contributed by atoms with Crippen molar-refractivity contribution in [2.24, 2.45) is 0 Å². The molecule has 6 nitrogen and oxygen atoms in total. The third-order valence-corrected chi connectivity index (χ3v) is 5.78. The van der Waals surface area contributed by atoms with Crippen molar-refractivity contribution in [3.63, 3.8) is 0 Å². The summed E-state index contributed by atoms with van der Waals surface area (Å²) >= 11 is 5.34. The molecule has 0 spiro atoms. The predicted octanol–water partition coefficient (Wildman–Crippen LogP) is 2.85. The molecule has 2 saturated heterocycles. The van der Waals surface area contributed by atoms with Crippen molar-refractivity contribution in [1.29, 1.82) is 0 Å². The topological polar surface area (TPSA) is 42.6 Å². The normalized spacial score (nSPS) is 21.4. The Morgan fingerprint density at radius 3 is 2.59 bits per heavy atom. The number of hydrogen-bond acceptors (Lipinski definition) is 4. The molecule has 1 aromatic carbocycles. The Morgan fingerprint density at radius 1 is 1.19 bits per heavy atom. The number of ether oxygens (including phenoxy) is 1. The molecule has 146 valence electrons. The number of rotatable bonds is 4. The third kappa shape index (κ3) is 3.39. The molecule has 0 saturated carbocycles. The number of likely N-dealkylation sites (tertiary alicyclic amines) is 1. The fourth-order valence-corrected chi connectivity index (χ4v) is 4.34. The van der Waals surface area contributed by atoms with Crippen LogP contribution in [0, 0.1) is 4.77 Å². The van der Waals surface area contributed by atoms with Crippen LogP contribution in [0.1, 0.15) is 19.4 Å². The summed E-state index contributed by atoms with van der Waals surface area (Å²) in [7, 11) is 0. The van der Waals surface area contributed by atoms with Crippen molar-refractivity contribution in [3.05, 3.63) is 29.0 Å². The highest BCUT2D eigenvalue weighted by atomic mass is 32.1. The van der Waals surface area contributed by atoms with E-state index >= 15 is 0 Å². The summed E-state index contributed by atoms with van der Waals surface area (Å²) in [5.41, 5.74) is 1.07. The second kappa shape index (κ2) is 7.65. The first-order valence-corrected chi connectivity index (χ1v) is 9.57. The molecule has 1 amide bonds. The lowest BCUT2D eigenvalue weighted by Gasteiger charge is -2.32. The van der Waals surface area contributed by atoms with E-state index in [2.05, 4.69) is 4.90 Å². The molecule has 3 heterocycles. The van der Waals surface area contributed by atoms with Gasteiger partial charge in [0.15, 0.2) is 4.77 Å². The minimum Gasteiger partial charge on any atom is -0.378 e. The first-order valence-electron chi connectivity index (χ1n) is 9.16. The summed E-state index contributed by atoms with van der Waals surface area (Å²) in [5, 5.41) is 0. The molecule has 1 atom stereocenters. The molecule has 27 heavy (non-hydrogen) atoms. The van der Waals surface area contributed by atoms with Crippen molar-refractivity contribution < 1.29 is 18.3 Å². The number of nitrogens with zero attached hydrogens (tertiary/aromatic N) is 4. The molecule has 2 aliphatic heterocycles. The highest BCUT2D eigenvalue weighted by molar-refractivity contribution is 7.71. The molecule has 0 N–H and O–H groups in total. The van der Waals surface area contributed by atoms with Gasteiger partial charge in [-0.25, -0.2) is 0 Å². The van der Waals surface area contributed by atoms with Gasteiger partial charge in [-0.2, -0.15) is 8.78 Å². The molecule has 0 unspecified atom stereocenters. The minimum atomic E-state index is -2.70. The number of aromatic nitrogens is 2. The number of benzene rings is 1. The van der Waals surface area contributed by atoms with Gasteiger partial charge < -0.3 is 14.2 Å². The number of carbonyl (C=O) groups is 1. The van der Waals surface area contributed by atoms with Gasteiger partial charge in [0.05, 0.1) is 37.0 Å². The molecule has 9 heteroatoms. The fraction of sp³-hybridized carbons (Fsp3) is 0.556. The molecule has 2 fully saturated rings. The van der Waals surface area contributed by atoms with Gasteiger partial charge in [0, 0.05) is 19.6 Å². The second-order valence-electron chi connectivity index (χ2n) is 6.90. The average molecular weight is 396 g/mol. The molecular formula is C18H22F2N4O2S. The zero-order chi connectivity index (χ0) is 19.0. The number of morpholine rings is 1. The highest BCUT2D eigenvalue weighted by Gasteiger charge is 2.34. The van der Waals surface area contributed by atoms with Crippen LogP contribution in [0.2, 0.25) is 0 Å². The Bertz CT molecular complexity index is 891. The van der Waals surface area contributed by atoms with Crippen LogP contribution in [-0.4, -0.2) is 63.7 Å². The van der Waals surface area contributed by atoms with E-state index in [-0.39, 0.29) is 16.7 Å². The molecule has 0 aliphatic carbocycles. The Balaban J connectivity index is 1.62. The van der Waals surface area contributed by atoms with E-state index < -0.39 is 6.55 Å². The quantitative estimate of drug-likeness (QED) is 0.746. The van der Waals surface area contributed by atoms with Crippen molar-refractivity contribution in [1.82, 2.24) is 18.9 Å². The number of alkyl halides is 2. The number of fused-ring (bicyclic) bond motifs is 1. The molecule has 2 aromatic rings. The first-order chi connectivity index (χ1) is 13.1. The van der Waals surface area contributed by atoms with Crippen molar-refractivity contribution >= 4 is 29.2 Å². The minimum absolute atomic E-state index is 0.0793. The molecule has 0 bridgehead atoms. The van der Waals surface area contributed by atoms with Crippen molar-refractivity contribution in [2.45, 2.75) is 32.1 Å². The fourth-order valence-electron chi connectivity index (χ4n) is 4.01. The summed E-state index contributed by atoms with van der Waals surface area (Å²) in [4.78, 5) is 16.8. The van der Waals surface area contributed by atoms with Gasteiger partial charge in [-0.15, -0.1) is 0 Å². The van der Waals surface area contributed by atoms with Gasteiger partial charge in [0.1, 0.15) is 0 Å². The lowest BCUT2D eigenvalue weighted by Crippen LogP contribution is -2.49. The molecule has 1 aromatic heterocycles. The number of amides is 1. The maximum atomic E-state index is 13.5. The summed E-state index contributed by atoms with van der Waals surface area (Å²) in [6, 6.07) is 6.73. The largest absolute Gasteiger partial charge is 0.378 e. The van der Waals surface area contributed by atoms with E-state index in [0.717, 1.165) is 24.0 Å². The van der Waals surface area contributed by atoms with E-state index in [9.17, 15) is 13.6 Å². The molecule has 4 rings (SSSR count). The third-order valence-electron chi connectivity index (χ3n) is 5.36. The number of para-hydroxylation sites is 2. The van der Waals surface area contributed by atoms with Crippen LogP contribution in [0.5, 0.6) is 0 Å². The van der Waals surface area contributed by atoms with E-state index in [1.54, 1.807) is 22.8 Å². The Hall–Kier alpha value is -1.84. The molecule has 2 aliphatic rings. The van der Waals surface area contributed by atoms with Crippen LogP contribution in [0.3, 0.4) is 0 Å². The summed E-state index contributed by atoms with van der Waals surface area (Å²) in [6.45, 7) is 0.710. The van der Waals surface area contributed by atoms with Crippen LogP contribution in [0.15, 0.2) is 24.3 Å². The van der Waals surface area contributed by atoms with Gasteiger partial charge in [-0.05, 0) is 37.2 Å². The molecular weight excluding hydrogens is 374 g/mol. The van der Waals surface area contributed by atoms with E-state index in [1.807, 2.05) is 11.0 Å². The number of carbonyl (C=O) groups excluding carboxylic acids is 1. The summed E-state index contributed by atoms with van der Waals surface area (Å²) < 4.78 is 35.0.